The number of nitrogens with zero attached hydrogens (tertiary/aromatic N) is 5. The molecule has 0 saturated carbocycles. The second-order valence-electron chi connectivity index (χ2n) is 5.80. The van der Waals surface area contributed by atoms with E-state index in [9.17, 15) is 4.79 Å². The Morgan fingerprint density at radius 3 is 2.81 bits per heavy atom. The summed E-state index contributed by atoms with van der Waals surface area (Å²) in [6.45, 7) is 0. The van der Waals surface area contributed by atoms with Crippen molar-refractivity contribution in [2.45, 2.75) is 19.3 Å². The summed E-state index contributed by atoms with van der Waals surface area (Å²) >= 11 is 0. The van der Waals surface area contributed by atoms with E-state index in [0.717, 1.165) is 16.7 Å². The molecule has 0 atom stereocenters. The average molecular weight is 352 g/mol. The van der Waals surface area contributed by atoms with Gasteiger partial charge in [-0.05, 0) is 30.7 Å². The van der Waals surface area contributed by atoms with E-state index < -0.39 is 5.97 Å². The van der Waals surface area contributed by atoms with Gasteiger partial charge in [-0.2, -0.15) is 9.61 Å². The zero-order valence-corrected chi connectivity index (χ0v) is 14.0. The highest BCUT2D eigenvalue weighted by Gasteiger charge is 2.16. The fraction of sp³-hybridized carbons (Fsp3) is 0.235. The largest absolute Gasteiger partial charge is 0.497 e. The summed E-state index contributed by atoms with van der Waals surface area (Å²) in [4.78, 5) is 19.9. The molecule has 0 radical (unpaired) electrons. The maximum absolute atomic E-state index is 10.8. The van der Waals surface area contributed by atoms with Crippen LogP contribution in [0.3, 0.4) is 0 Å². The maximum Gasteiger partial charge on any atom is 0.303 e. The summed E-state index contributed by atoms with van der Waals surface area (Å²) in [5.74, 6) is 1.11. The number of carbonyl (C=O) groups is 1. The maximum atomic E-state index is 10.8. The number of aromatic nitrogens is 6. The minimum atomic E-state index is -0.834. The second-order valence-corrected chi connectivity index (χ2v) is 5.80. The van der Waals surface area contributed by atoms with E-state index in [-0.39, 0.29) is 6.42 Å². The number of nitrogens with one attached hydrogen (secondary N) is 1. The van der Waals surface area contributed by atoms with Crippen LogP contribution in [0.25, 0.3) is 28.1 Å². The third kappa shape index (κ3) is 2.83. The normalized spacial score (nSPS) is 11.3. The monoisotopic (exact) mass is 352 g/mol. The van der Waals surface area contributed by atoms with Crippen molar-refractivity contribution in [3.8, 4) is 17.1 Å². The molecular formula is C17H16N6O3. The number of carboxylic acid groups (broad SMARTS) is 1. The minimum absolute atomic E-state index is 0.0712. The van der Waals surface area contributed by atoms with Gasteiger partial charge < -0.3 is 9.84 Å². The molecule has 0 spiro atoms. The van der Waals surface area contributed by atoms with Crippen molar-refractivity contribution in [2.24, 2.45) is 0 Å². The molecule has 26 heavy (non-hydrogen) atoms. The lowest BCUT2D eigenvalue weighted by Gasteiger charge is -2.02. The number of hydrogen-bond donors (Lipinski definition) is 2. The first-order valence-corrected chi connectivity index (χ1v) is 8.11. The predicted octanol–water partition coefficient (Wildman–Crippen LogP) is 2.08. The molecule has 0 saturated heterocycles. The number of fused-ring (bicyclic) bond motifs is 3. The van der Waals surface area contributed by atoms with Gasteiger partial charge >= 0.3 is 5.97 Å². The number of ether oxygens (including phenoxy) is 1. The third-order valence-corrected chi connectivity index (χ3v) is 4.09. The van der Waals surface area contributed by atoms with Crippen LogP contribution < -0.4 is 4.74 Å². The Labute approximate surface area is 147 Å². The smallest absolute Gasteiger partial charge is 0.303 e. The van der Waals surface area contributed by atoms with Gasteiger partial charge in [0, 0.05) is 24.6 Å². The van der Waals surface area contributed by atoms with E-state index in [4.69, 9.17) is 9.84 Å². The molecule has 0 amide bonds. The number of hydrogen-bond acceptors (Lipinski definition) is 6. The van der Waals surface area contributed by atoms with Gasteiger partial charge in [0.2, 0.25) is 0 Å². The van der Waals surface area contributed by atoms with E-state index in [0.29, 0.717) is 35.8 Å². The summed E-state index contributed by atoms with van der Waals surface area (Å²) in [6.07, 6.45) is 2.73. The van der Waals surface area contributed by atoms with Crippen LogP contribution in [-0.2, 0) is 11.2 Å². The molecule has 0 aliphatic heterocycles. The Kier molecular flexibility index (Phi) is 3.96. The molecule has 4 rings (SSSR count). The van der Waals surface area contributed by atoms with Crippen LogP contribution in [0.2, 0.25) is 0 Å². The molecule has 1 aromatic carbocycles. The van der Waals surface area contributed by atoms with E-state index in [1.54, 1.807) is 17.8 Å². The second kappa shape index (κ2) is 6.43. The van der Waals surface area contributed by atoms with Gasteiger partial charge in [-0.25, -0.2) is 9.97 Å². The van der Waals surface area contributed by atoms with Crippen LogP contribution in [0.1, 0.15) is 18.7 Å². The van der Waals surface area contributed by atoms with Gasteiger partial charge in [-0.1, -0.05) is 0 Å². The number of aromatic amines is 1. The molecule has 0 fully saturated rings. The first kappa shape index (κ1) is 16.0. The highest BCUT2D eigenvalue weighted by Crippen LogP contribution is 2.23. The standard InChI is InChI=1S/C17H16N6O3/c1-26-11-7-5-10(6-8-11)15-20-17-12-9-18-21-16(12)19-13(23(17)22-15)3-2-4-14(24)25/h5-9H,2-4H2,1H3,(H,18,21)(H,24,25). The Morgan fingerprint density at radius 2 is 2.08 bits per heavy atom. The quantitative estimate of drug-likeness (QED) is 0.545. The molecule has 0 unspecified atom stereocenters. The lowest BCUT2D eigenvalue weighted by Crippen LogP contribution is -2.05. The van der Waals surface area contributed by atoms with Gasteiger partial charge in [0.1, 0.15) is 11.6 Å². The molecule has 3 heterocycles. The van der Waals surface area contributed by atoms with Crippen molar-refractivity contribution in [1.29, 1.82) is 0 Å². The van der Waals surface area contributed by atoms with Crippen LogP contribution >= 0.6 is 0 Å². The minimum Gasteiger partial charge on any atom is -0.497 e. The fourth-order valence-electron chi connectivity index (χ4n) is 2.79. The van der Waals surface area contributed by atoms with Crippen LogP contribution in [0.15, 0.2) is 30.5 Å². The van der Waals surface area contributed by atoms with Gasteiger partial charge in [-0.3, -0.25) is 9.89 Å². The highest BCUT2D eigenvalue weighted by atomic mass is 16.5. The van der Waals surface area contributed by atoms with E-state index >= 15 is 0 Å². The van der Waals surface area contributed by atoms with Gasteiger partial charge in [0.25, 0.3) is 0 Å². The number of rotatable bonds is 6. The molecular weight excluding hydrogens is 336 g/mol. The molecule has 0 bridgehead atoms. The van der Waals surface area contributed by atoms with Crippen LogP contribution in [0.5, 0.6) is 5.75 Å². The van der Waals surface area contributed by atoms with Crippen molar-refractivity contribution < 1.29 is 14.6 Å². The first-order valence-electron chi connectivity index (χ1n) is 8.11. The van der Waals surface area contributed by atoms with Crippen molar-refractivity contribution in [3.05, 3.63) is 36.3 Å². The summed E-state index contributed by atoms with van der Waals surface area (Å²) < 4.78 is 6.84. The van der Waals surface area contributed by atoms with Crippen molar-refractivity contribution in [1.82, 2.24) is 29.8 Å². The SMILES string of the molecule is COc1ccc(-c2nc3c4c[nH]nc4nc(CCCC(=O)O)n3n2)cc1. The van der Waals surface area contributed by atoms with Crippen molar-refractivity contribution in [3.63, 3.8) is 0 Å². The zero-order chi connectivity index (χ0) is 18.1. The Balaban J connectivity index is 1.80. The van der Waals surface area contributed by atoms with Gasteiger partial charge in [0.15, 0.2) is 17.1 Å². The van der Waals surface area contributed by atoms with E-state index in [2.05, 4.69) is 25.3 Å². The van der Waals surface area contributed by atoms with E-state index in [1.165, 1.54) is 0 Å². The summed E-state index contributed by atoms with van der Waals surface area (Å²) in [5.41, 5.74) is 2.03. The van der Waals surface area contributed by atoms with Gasteiger partial charge in [0.05, 0.1) is 12.5 Å². The number of benzene rings is 1. The molecule has 9 heteroatoms. The molecule has 2 N–H and O–H groups in total. The summed E-state index contributed by atoms with van der Waals surface area (Å²) in [6, 6.07) is 7.47. The van der Waals surface area contributed by atoms with Crippen LogP contribution in [0, 0.1) is 0 Å². The summed E-state index contributed by atoms with van der Waals surface area (Å²) in [7, 11) is 1.61. The molecule has 9 nitrogen and oxygen atoms in total. The molecule has 3 aromatic heterocycles. The summed E-state index contributed by atoms with van der Waals surface area (Å²) in [5, 5.41) is 21.1. The van der Waals surface area contributed by atoms with Crippen LogP contribution in [-0.4, -0.2) is 48.0 Å². The Bertz CT molecular complexity index is 1080. The number of H-pyrrole nitrogens is 1. The Morgan fingerprint density at radius 1 is 1.27 bits per heavy atom. The number of aliphatic carboxylic acids is 1. The molecule has 0 aliphatic rings. The average Bonchev–Trinajstić information content (AvgIpc) is 3.28. The van der Waals surface area contributed by atoms with Gasteiger partial charge in [-0.15, -0.1) is 5.10 Å². The zero-order valence-electron chi connectivity index (χ0n) is 14.0. The van der Waals surface area contributed by atoms with Crippen molar-refractivity contribution >= 4 is 22.6 Å². The lowest BCUT2D eigenvalue weighted by molar-refractivity contribution is -0.137. The Hall–Kier alpha value is -3.49. The van der Waals surface area contributed by atoms with Crippen molar-refractivity contribution in [2.75, 3.05) is 7.11 Å². The third-order valence-electron chi connectivity index (χ3n) is 4.09. The number of aryl methyl sites for hydroxylation is 1. The number of methoxy groups -OCH3 is 1. The topological polar surface area (TPSA) is 118 Å². The first-order chi connectivity index (χ1) is 12.7. The van der Waals surface area contributed by atoms with Crippen LogP contribution in [0.4, 0.5) is 0 Å². The highest BCUT2D eigenvalue weighted by molar-refractivity contribution is 5.89. The van der Waals surface area contributed by atoms with E-state index in [1.807, 2.05) is 24.3 Å². The molecule has 4 aromatic rings. The molecule has 0 aliphatic carbocycles. The lowest BCUT2D eigenvalue weighted by atomic mass is 10.2. The number of carboxylic acids is 1. The fourth-order valence-corrected chi connectivity index (χ4v) is 2.79. The molecule has 132 valence electrons. The predicted molar refractivity (Wildman–Crippen MR) is 93.0 cm³/mol.